The molecule has 6 nitrogen and oxygen atoms in total. The second-order valence-corrected chi connectivity index (χ2v) is 6.84. The number of furan rings is 1. The van der Waals surface area contributed by atoms with Crippen LogP contribution in [0.3, 0.4) is 0 Å². The van der Waals surface area contributed by atoms with Crippen molar-refractivity contribution in [2.24, 2.45) is 0 Å². The van der Waals surface area contributed by atoms with Crippen LogP contribution in [0, 0.1) is 0 Å². The van der Waals surface area contributed by atoms with Crippen LogP contribution in [-0.2, 0) is 17.8 Å². The van der Waals surface area contributed by atoms with Crippen molar-refractivity contribution in [3.05, 3.63) is 53.7 Å². The van der Waals surface area contributed by atoms with Crippen LogP contribution in [0.25, 0.3) is 0 Å². The van der Waals surface area contributed by atoms with E-state index in [4.69, 9.17) is 9.15 Å². The van der Waals surface area contributed by atoms with Crippen LogP contribution in [0.5, 0.6) is 0 Å². The van der Waals surface area contributed by atoms with Gasteiger partial charge < -0.3 is 9.15 Å². The van der Waals surface area contributed by atoms with Gasteiger partial charge in [0.2, 0.25) is 0 Å². The molecule has 4 rings (SSSR count). The lowest BCUT2D eigenvalue weighted by Crippen LogP contribution is -2.31. The molecule has 2 aliphatic rings. The average molecular weight is 342 g/mol. The average Bonchev–Trinajstić information content (AvgIpc) is 3.38. The SMILES string of the molecule is c1ccc(CN(Cc2ccc(C3CCNN3)o2)CC2CCCO2)nc1. The molecule has 0 bridgehead atoms. The van der Waals surface area contributed by atoms with E-state index in [1.165, 1.54) is 0 Å². The lowest BCUT2D eigenvalue weighted by Gasteiger charge is -2.24. The van der Waals surface area contributed by atoms with Gasteiger partial charge in [-0.25, -0.2) is 5.43 Å². The fraction of sp³-hybridized carbons (Fsp3) is 0.526. The number of aromatic nitrogens is 1. The minimum Gasteiger partial charge on any atom is -0.463 e. The van der Waals surface area contributed by atoms with Crippen LogP contribution in [-0.4, -0.2) is 35.7 Å². The van der Waals surface area contributed by atoms with Crippen LogP contribution in [0.15, 0.2) is 40.9 Å². The van der Waals surface area contributed by atoms with Gasteiger partial charge in [-0.1, -0.05) is 6.07 Å². The summed E-state index contributed by atoms with van der Waals surface area (Å²) in [5.41, 5.74) is 7.49. The Bertz CT molecular complexity index is 648. The van der Waals surface area contributed by atoms with Gasteiger partial charge in [-0.2, -0.15) is 0 Å². The zero-order chi connectivity index (χ0) is 16.9. The standard InChI is InChI=1S/C19H26N4O2/c1-2-9-20-15(4-1)12-23(13-16-5-3-11-24-16)14-17-6-7-19(25-17)18-8-10-21-22-18/h1-2,4,6-7,9,16,18,21-22H,3,5,8,10-14H2. The molecule has 2 saturated heterocycles. The van der Waals surface area contributed by atoms with Gasteiger partial charge in [0.15, 0.2) is 0 Å². The molecule has 2 atom stereocenters. The topological polar surface area (TPSA) is 62.6 Å². The zero-order valence-corrected chi connectivity index (χ0v) is 14.5. The molecule has 0 saturated carbocycles. The molecule has 6 heteroatoms. The van der Waals surface area contributed by atoms with Crippen LogP contribution < -0.4 is 10.9 Å². The van der Waals surface area contributed by atoms with Crippen molar-refractivity contribution in [2.45, 2.75) is 44.5 Å². The minimum absolute atomic E-state index is 0.274. The van der Waals surface area contributed by atoms with E-state index in [-0.39, 0.29) is 6.04 Å². The first-order chi connectivity index (χ1) is 12.4. The minimum atomic E-state index is 0.274. The van der Waals surface area contributed by atoms with E-state index in [0.29, 0.717) is 6.10 Å². The Morgan fingerprint density at radius 2 is 2.16 bits per heavy atom. The summed E-state index contributed by atoms with van der Waals surface area (Å²) in [6, 6.07) is 10.5. The van der Waals surface area contributed by atoms with E-state index < -0.39 is 0 Å². The van der Waals surface area contributed by atoms with E-state index in [2.05, 4.69) is 38.9 Å². The van der Waals surface area contributed by atoms with Crippen LogP contribution in [0.4, 0.5) is 0 Å². The molecule has 0 amide bonds. The smallest absolute Gasteiger partial charge is 0.122 e. The fourth-order valence-corrected chi connectivity index (χ4v) is 3.57. The number of hydrogen-bond acceptors (Lipinski definition) is 6. The maximum atomic E-state index is 6.09. The molecule has 0 aliphatic carbocycles. The van der Waals surface area contributed by atoms with E-state index in [0.717, 1.165) is 69.3 Å². The lowest BCUT2D eigenvalue weighted by atomic mass is 10.2. The summed E-state index contributed by atoms with van der Waals surface area (Å²) in [7, 11) is 0. The number of nitrogens with zero attached hydrogens (tertiary/aromatic N) is 2. The number of nitrogens with one attached hydrogen (secondary N) is 2. The van der Waals surface area contributed by atoms with Crippen LogP contribution in [0.1, 0.15) is 42.5 Å². The largest absolute Gasteiger partial charge is 0.463 e. The van der Waals surface area contributed by atoms with Gasteiger partial charge in [0, 0.05) is 32.4 Å². The van der Waals surface area contributed by atoms with Crippen LogP contribution >= 0.6 is 0 Å². The summed E-state index contributed by atoms with van der Waals surface area (Å²) in [5.74, 6) is 2.01. The first kappa shape index (κ1) is 16.7. The van der Waals surface area contributed by atoms with Gasteiger partial charge in [-0.05, 0) is 43.5 Å². The molecule has 2 aliphatic heterocycles. The molecule has 0 spiro atoms. The van der Waals surface area contributed by atoms with E-state index in [9.17, 15) is 0 Å². The Morgan fingerprint density at radius 1 is 1.16 bits per heavy atom. The molecular weight excluding hydrogens is 316 g/mol. The Kier molecular flexibility index (Phi) is 5.42. The number of pyridine rings is 1. The Morgan fingerprint density at radius 3 is 2.92 bits per heavy atom. The van der Waals surface area contributed by atoms with E-state index in [1.807, 2.05) is 18.3 Å². The van der Waals surface area contributed by atoms with Crippen molar-refractivity contribution in [3.8, 4) is 0 Å². The quantitative estimate of drug-likeness (QED) is 0.806. The fourth-order valence-electron chi connectivity index (χ4n) is 3.57. The van der Waals surface area contributed by atoms with Crippen LogP contribution in [0.2, 0.25) is 0 Å². The molecule has 2 aromatic heterocycles. The highest BCUT2D eigenvalue weighted by atomic mass is 16.5. The van der Waals surface area contributed by atoms with Crippen molar-refractivity contribution in [3.63, 3.8) is 0 Å². The number of ether oxygens (including phenoxy) is 1. The molecule has 25 heavy (non-hydrogen) atoms. The maximum absolute atomic E-state index is 6.09. The van der Waals surface area contributed by atoms with Gasteiger partial charge in [0.05, 0.1) is 24.4 Å². The van der Waals surface area contributed by atoms with Gasteiger partial charge in [0.1, 0.15) is 11.5 Å². The third-order valence-corrected chi connectivity index (χ3v) is 4.84. The molecule has 4 heterocycles. The van der Waals surface area contributed by atoms with Gasteiger partial charge in [-0.3, -0.25) is 15.3 Å². The van der Waals surface area contributed by atoms with Crippen molar-refractivity contribution >= 4 is 0 Å². The third-order valence-electron chi connectivity index (χ3n) is 4.84. The van der Waals surface area contributed by atoms with E-state index in [1.54, 1.807) is 0 Å². The van der Waals surface area contributed by atoms with Crippen molar-refractivity contribution in [1.29, 1.82) is 0 Å². The first-order valence-electron chi connectivity index (χ1n) is 9.18. The molecule has 134 valence electrons. The molecule has 2 fully saturated rings. The Balaban J connectivity index is 1.43. The van der Waals surface area contributed by atoms with Crippen molar-refractivity contribution in [2.75, 3.05) is 19.7 Å². The summed E-state index contributed by atoms with van der Waals surface area (Å²) in [6.07, 6.45) is 5.52. The summed E-state index contributed by atoms with van der Waals surface area (Å²) in [4.78, 5) is 6.85. The predicted molar refractivity (Wildman–Crippen MR) is 94.5 cm³/mol. The van der Waals surface area contributed by atoms with E-state index >= 15 is 0 Å². The second kappa shape index (κ2) is 8.10. The van der Waals surface area contributed by atoms with Gasteiger partial charge >= 0.3 is 0 Å². The first-order valence-corrected chi connectivity index (χ1v) is 9.18. The number of hydrazine groups is 1. The Hall–Kier alpha value is -1.73. The number of rotatable bonds is 7. The maximum Gasteiger partial charge on any atom is 0.122 e. The molecule has 2 unspecified atom stereocenters. The third kappa shape index (κ3) is 4.46. The molecule has 2 N–H and O–H groups in total. The number of hydrogen-bond donors (Lipinski definition) is 2. The molecule has 0 radical (unpaired) electrons. The zero-order valence-electron chi connectivity index (χ0n) is 14.5. The predicted octanol–water partition coefficient (Wildman–Crippen LogP) is 2.39. The highest BCUT2D eigenvalue weighted by Crippen LogP contribution is 2.23. The van der Waals surface area contributed by atoms with Gasteiger partial charge in [0.25, 0.3) is 0 Å². The summed E-state index contributed by atoms with van der Waals surface area (Å²) in [5, 5.41) is 0. The van der Waals surface area contributed by atoms with Crippen molar-refractivity contribution in [1.82, 2.24) is 20.7 Å². The van der Waals surface area contributed by atoms with Gasteiger partial charge in [-0.15, -0.1) is 0 Å². The summed E-state index contributed by atoms with van der Waals surface area (Å²) in [6.45, 7) is 4.35. The highest BCUT2D eigenvalue weighted by molar-refractivity contribution is 5.12. The summed E-state index contributed by atoms with van der Waals surface area (Å²) >= 11 is 0. The monoisotopic (exact) mass is 342 g/mol. The Labute approximate surface area is 148 Å². The second-order valence-electron chi connectivity index (χ2n) is 6.84. The molecular formula is C19H26N4O2. The molecule has 2 aromatic rings. The normalized spacial score (nSPS) is 23.6. The molecule has 0 aromatic carbocycles. The summed E-state index contributed by atoms with van der Waals surface area (Å²) < 4.78 is 11.9. The van der Waals surface area contributed by atoms with Crippen molar-refractivity contribution < 1.29 is 9.15 Å². The lowest BCUT2D eigenvalue weighted by molar-refractivity contribution is 0.0648. The highest BCUT2D eigenvalue weighted by Gasteiger charge is 2.22.